The molecule has 1 aliphatic rings. The molecule has 0 N–H and O–H groups in total. The zero-order valence-electron chi connectivity index (χ0n) is 8.01. The summed E-state index contributed by atoms with van der Waals surface area (Å²) in [5, 5.41) is 0. The molecule has 2 heteroatoms. The standard InChI is InChI=1S/C10H18O2/c1-3-12-10(11)9-7-5-4-6-8(9)2/h8-9H,3-7H2,1-2H3/t8-,9-/m1/s1. The fourth-order valence-electron chi connectivity index (χ4n) is 1.92. The van der Waals surface area contributed by atoms with Gasteiger partial charge < -0.3 is 4.74 Å². The van der Waals surface area contributed by atoms with Gasteiger partial charge in [0.1, 0.15) is 0 Å². The van der Waals surface area contributed by atoms with Gasteiger partial charge in [-0.1, -0.05) is 19.8 Å². The molecule has 0 aromatic heterocycles. The Morgan fingerprint density at radius 3 is 2.67 bits per heavy atom. The molecule has 0 amide bonds. The lowest BCUT2D eigenvalue weighted by molar-refractivity contribution is -0.150. The third-order valence-corrected chi connectivity index (χ3v) is 2.70. The second-order valence-corrected chi connectivity index (χ2v) is 3.62. The van der Waals surface area contributed by atoms with Gasteiger partial charge in [0.25, 0.3) is 0 Å². The van der Waals surface area contributed by atoms with Gasteiger partial charge in [0.15, 0.2) is 0 Å². The Balaban J connectivity index is 2.42. The van der Waals surface area contributed by atoms with E-state index in [4.69, 9.17) is 4.74 Å². The zero-order chi connectivity index (χ0) is 8.97. The normalized spacial score (nSPS) is 29.8. The second kappa shape index (κ2) is 4.48. The molecule has 0 unspecified atom stereocenters. The van der Waals surface area contributed by atoms with Gasteiger partial charge in [-0.3, -0.25) is 4.79 Å². The zero-order valence-corrected chi connectivity index (χ0v) is 8.01. The third-order valence-electron chi connectivity index (χ3n) is 2.70. The Hall–Kier alpha value is -0.530. The van der Waals surface area contributed by atoms with Crippen molar-refractivity contribution in [2.45, 2.75) is 39.5 Å². The third kappa shape index (κ3) is 2.23. The van der Waals surface area contributed by atoms with Crippen LogP contribution in [0.4, 0.5) is 0 Å². The summed E-state index contributed by atoms with van der Waals surface area (Å²) in [5.41, 5.74) is 0. The van der Waals surface area contributed by atoms with E-state index in [1.165, 1.54) is 19.3 Å². The van der Waals surface area contributed by atoms with Crippen molar-refractivity contribution in [3.63, 3.8) is 0 Å². The SMILES string of the molecule is CCOC(=O)[C@@H]1CCCC[C@H]1C. The number of esters is 1. The predicted molar refractivity (Wildman–Crippen MR) is 47.8 cm³/mol. The summed E-state index contributed by atoms with van der Waals surface area (Å²) in [6.45, 7) is 4.54. The average molecular weight is 170 g/mol. The van der Waals surface area contributed by atoms with Crippen LogP contribution in [0.15, 0.2) is 0 Å². The van der Waals surface area contributed by atoms with Crippen LogP contribution in [0.2, 0.25) is 0 Å². The first-order chi connectivity index (χ1) is 5.75. The molecule has 2 nitrogen and oxygen atoms in total. The van der Waals surface area contributed by atoms with Crippen LogP contribution in [0, 0.1) is 11.8 Å². The van der Waals surface area contributed by atoms with Gasteiger partial charge in [-0.05, 0) is 25.7 Å². The number of hydrogen-bond acceptors (Lipinski definition) is 2. The second-order valence-electron chi connectivity index (χ2n) is 3.62. The molecule has 0 aliphatic heterocycles. The van der Waals surface area contributed by atoms with Crippen LogP contribution in [0.25, 0.3) is 0 Å². The summed E-state index contributed by atoms with van der Waals surface area (Å²) in [7, 11) is 0. The van der Waals surface area contributed by atoms with Crippen LogP contribution in [0.1, 0.15) is 39.5 Å². The van der Waals surface area contributed by atoms with Crippen molar-refractivity contribution in [3.05, 3.63) is 0 Å². The Morgan fingerprint density at radius 1 is 1.42 bits per heavy atom. The van der Waals surface area contributed by atoms with E-state index in [9.17, 15) is 4.79 Å². The first-order valence-electron chi connectivity index (χ1n) is 4.92. The van der Waals surface area contributed by atoms with Gasteiger partial charge in [0, 0.05) is 0 Å². The number of carbonyl (C=O) groups excluding carboxylic acids is 1. The van der Waals surface area contributed by atoms with Gasteiger partial charge in [-0.15, -0.1) is 0 Å². The summed E-state index contributed by atoms with van der Waals surface area (Å²) >= 11 is 0. The monoisotopic (exact) mass is 170 g/mol. The van der Waals surface area contributed by atoms with Gasteiger partial charge in [0.05, 0.1) is 12.5 Å². The van der Waals surface area contributed by atoms with Gasteiger partial charge in [0.2, 0.25) is 0 Å². The highest BCUT2D eigenvalue weighted by molar-refractivity contribution is 5.72. The van der Waals surface area contributed by atoms with E-state index in [0.29, 0.717) is 12.5 Å². The number of hydrogen-bond donors (Lipinski definition) is 0. The molecule has 12 heavy (non-hydrogen) atoms. The molecule has 1 rings (SSSR count). The van der Waals surface area contributed by atoms with E-state index in [1.807, 2.05) is 6.92 Å². The van der Waals surface area contributed by atoms with Crippen molar-refractivity contribution in [3.8, 4) is 0 Å². The van der Waals surface area contributed by atoms with Gasteiger partial charge in [-0.2, -0.15) is 0 Å². The Labute approximate surface area is 74.3 Å². The minimum atomic E-state index is 0.0182. The van der Waals surface area contributed by atoms with E-state index in [-0.39, 0.29) is 11.9 Å². The van der Waals surface area contributed by atoms with Gasteiger partial charge >= 0.3 is 5.97 Å². The first-order valence-corrected chi connectivity index (χ1v) is 4.92. The maximum atomic E-state index is 11.4. The van der Waals surface area contributed by atoms with Crippen molar-refractivity contribution in [1.82, 2.24) is 0 Å². The lowest BCUT2D eigenvalue weighted by Crippen LogP contribution is -2.27. The smallest absolute Gasteiger partial charge is 0.309 e. The van der Waals surface area contributed by atoms with E-state index in [0.717, 1.165) is 6.42 Å². The molecule has 0 heterocycles. The topological polar surface area (TPSA) is 26.3 Å². The van der Waals surface area contributed by atoms with E-state index in [1.54, 1.807) is 0 Å². The van der Waals surface area contributed by atoms with Crippen molar-refractivity contribution in [2.75, 3.05) is 6.61 Å². The van der Waals surface area contributed by atoms with Crippen LogP contribution < -0.4 is 0 Å². The van der Waals surface area contributed by atoms with E-state index in [2.05, 4.69) is 6.92 Å². The van der Waals surface area contributed by atoms with Crippen LogP contribution >= 0.6 is 0 Å². The minimum absolute atomic E-state index is 0.0182. The minimum Gasteiger partial charge on any atom is -0.466 e. The quantitative estimate of drug-likeness (QED) is 0.595. The number of carbonyl (C=O) groups is 1. The largest absolute Gasteiger partial charge is 0.466 e. The highest BCUT2D eigenvalue weighted by Crippen LogP contribution is 2.30. The summed E-state index contributed by atoms with van der Waals surface area (Å²) in [4.78, 5) is 11.4. The van der Waals surface area contributed by atoms with Crippen LogP contribution in [0.5, 0.6) is 0 Å². The summed E-state index contributed by atoms with van der Waals surface area (Å²) < 4.78 is 5.01. The Kier molecular flexibility index (Phi) is 3.57. The van der Waals surface area contributed by atoms with Crippen molar-refractivity contribution in [1.29, 1.82) is 0 Å². The van der Waals surface area contributed by atoms with Gasteiger partial charge in [-0.25, -0.2) is 0 Å². The lowest BCUT2D eigenvalue weighted by atomic mass is 9.80. The fourth-order valence-corrected chi connectivity index (χ4v) is 1.92. The molecule has 0 saturated heterocycles. The maximum Gasteiger partial charge on any atom is 0.309 e. The molecular formula is C10H18O2. The van der Waals surface area contributed by atoms with Crippen LogP contribution in [0.3, 0.4) is 0 Å². The van der Waals surface area contributed by atoms with Crippen LogP contribution in [-0.4, -0.2) is 12.6 Å². The summed E-state index contributed by atoms with van der Waals surface area (Å²) in [5.74, 6) is 0.723. The molecule has 0 bridgehead atoms. The molecule has 2 atom stereocenters. The molecule has 70 valence electrons. The summed E-state index contributed by atoms with van der Waals surface area (Å²) in [6.07, 6.45) is 4.67. The van der Waals surface area contributed by atoms with Crippen molar-refractivity contribution in [2.24, 2.45) is 11.8 Å². The van der Waals surface area contributed by atoms with Crippen molar-refractivity contribution >= 4 is 5.97 Å². The molecule has 0 aromatic carbocycles. The highest BCUT2D eigenvalue weighted by atomic mass is 16.5. The average Bonchev–Trinajstić information content (AvgIpc) is 2.05. The molecule has 1 aliphatic carbocycles. The lowest BCUT2D eigenvalue weighted by Gasteiger charge is -2.26. The molecule has 0 spiro atoms. The Morgan fingerprint density at radius 2 is 2.08 bits per heavy atom. The van der Waals surface area contributed by atoms with Crippen LogP contribution in [-0.2, 0) is 9.53 Å². The number of ether oxygens (including phenoxy) is 1. The van der Waals surface area contributed by atoms with E-state index >= 15 is 0 Å². The maximum absolute atomic E-state index is 11.4. The molecular weight excluding hydrogens is 152 g/mol. The fraction of sp³-hybridized carbons (Fsp3) is 0.900. The molecule has 0 aromatic rings. The Bertz CT molecular complexity index is 154. The molecule has 1 saturated carbocycles. The highest BCUT2D eigenvalue weighted by Gasteiger charge is 2.28. The first kappa shape index (κ1) is 9.56. The van der Waals surface area contributed by atoms with Crippen molar-refractivity contribution < 1.29 is 9.53 Å². The number of rotatable bonds is 2. The van der Waals surface area contributed by atoms with E-state index < -0.39 is 0 Å². The summed E-state index contributed by atoms with van der Waals surface area (Å²) in [6, 6.07) is 0. The molecule has 1 fully saturated rings. The molecule has 0 radical (unpaired) electrons. The predicted octanol–water partition coefficient (Wildman–Crippen LogP) is 2.38.